The molecule has 0 aromatic heterocycles. The molecule has 3 nitrogen and oxygen atoms in total. The molecule has 0 saturated heterocycles. The fourth-order valence-electron chi connectivity index (χ4n) is 5.77. The number of aliphatic hydroxyl groups is 1. The molecule has 124 valence electrons. The second-order valence-corrected chi connectivity index (χ2v) is 8.98. The first-order chi connectivity index (χ1) is 10.0. The fourth-order valence-corrected chi connectivity index (χ4v) is 5.91. The van der Waals surface area contributed by atoms with Gasteiger partial charge in [0.25, 0.3) is 0 Å². The van der Waals surface area contributed by atoms with Gasteiger partial charge in [-0.05, 0) is 49.9 Å². The fraction of sp³-hybridized carbons (Fsp3) is 0.833. The summed E-state index contributed by atoms with van der Waals surface area (Å²) in [4.78, 5) is 13.0. The van der Waals surface area contributed by atoms with Gasteiger partial charge in [0, 0.05) is 0 Å². The summed E-state index contributed by atoms with van der Waals surface area (Å²) >= 11 is 6.23. The highest BCUT2D eigenvalue weighted by Crippen LogP contribution is 2.64. The van der Waals surface area contributed by atoms with Crippen molar-refractivity contribution in [3.63, 3.8) is 0 Å². The first-order valence-corrected chi connectivity index (χ1v) is 8.69. The van der Waals surface area contributed by atoms with Crippen LogP contribution in [0.4, 0.5) is 0 Å². The Hall–Kier alpha value is -0.540. The lowest BCUT2D eigenvalue weighted by Gasteiger charge is -2.63. The largest absolute Gasteiger partial charge is 0.487 e. The Labute approximate surface area is 138 Å². The number of carbonyl (C=O) groups excluding carboxylic acids is 1. The number of allylic oxidation sites excluding steroid dienone is 2. The molecule has 0 radical (unpaired) electrons. The molecule has 0 unspecified atom stereocenters. The molecule has 0 amide bonds. The third kappa shape index (κ3) is 1.94. The Morgan fingerprint density at radius 2 is 1.86 bits per heavy atom. The van der Waals surface area contributed by atoms with Gasteiger partial charge in [0.2, 0.25) is 0 Å². The standard InChI is InChI=1S/C18H27ClO3/c1-10-13(19)14(21)15-17(4)8-6-7-16(2,3)11(17)9-12(20)18(15,5)22-10/h11-12,15,20H,6-9H2,1-5H3/t11-,12+,15+,17-,18+/m0/s1. The molecule has 2 saturated carbocycles. The van der Waals surface area contributed by atoms with Crippen LogP contribution in [0.1, 0.15) is 60.3 Å². The van der Waals surface area contributed by atoms with E-state index in [9.17, 15) is 9.90 Å². The van der Waals surface area contributed by atoms with Gasteiger partial charge >= 0.3 is 0 Å². The topological polar surface area (TPSA) is 46.5 Å². The molecule has 1 N–H and O–H groups in total. The van der Waals surface area contributed by atoms with Crippen LogP contribution in [0.15, 0.2) is 10.8 Å². The predicted molar refractivity (Wildman–Crippen MR) is 86.4 cm³/mol. The number of carbonyl (C=O) groups is 1. The molecule has 0 spiro atoms. The molecule has 1 heterocycles. The number of fused-ring (bicyclic) bond motifs is 3. The lowest BCUT2D eigenvalue weighted by atomic mass is 9.44. The van der Waals surface area contributed by atoms with Crippen LogP contribution < -0.4 is 0 Å². The van der Waals surface area contributed by atoms with Gasteiger partial charge in [-0.3, -0.25) is 4.79 Å². The highest BCUT2D eigenvalue weighted by atomic mass is 35.5. The van der Waals surface area contributed by atoms with E-state index >= 15 is 0 Å². The van der Waals surface area contributed by atoms with Gasteiger partial charge in [0.1, 0.15) is 16.4 Å². The van der Waals surface area contributed by atoms with Crippen LogP contribution >= 0.6 is 11.6 Å². The van der Waals surface area contributed by atoms with Crippen molar-refractivity contribution in [1.29, 1.82) is 0 Å². The van der Waals surface area contributed by atoms with E-state index in [2.05, 4.69) is 20.8 Å². The van der Waals surface area contributed by atoms with Crippen molar-refractivity contribution in [1.82, 2.24) is 0 Å². The maximum atomic E-state index is 13.0. The van der Waals surface area contributed by atoms with Crippen LogP contribution in [-0.4, -0.2) is 22.6 Å². The van der Waals surface area contributed by atoms with E-state index < -0.39 is 11.7 Å². The smallest absolute Gasteiger partial charge is 0.185 e. The maximum absolute atomic E-state index is 13.0. The summed E-state index contributed by atoms with van der Waals surface area (Å²) < 4.78 is 6.03. The molecule has 0 bridgehead atoms. The Bertz CT molecular complexity index is 553. The molecule has 3 rings (SSSR count). The predicted octanol–water partition coefficient (Wildman–Crippen LogP) is 4.03. The van der Waals surface area contributed by atoms with Crippen LogP contribution in [0.3, 0.4) is 0 Å². The van der Waals surface area contributed by atoms with Crippen LogP contribution in [0, 0.1) is 22.7 Å². The number of aliphatic hydroxyl groups excluding tert-OH is 1. The number of rotatable bonds is 0. The summed E-state index contributed by atoms with van der Waals surface area (Å²) in [5.74, 6) is 0.334. The van der Waals surface area contributed by atoms with Gasteiger partial charge in [-0.15, -0.1) is 0 Å². The summed E-state index contributed by atoms with van der Waals surface area (Å²) in [6.07, 6.45) is 3.29. The van der Waals surface area contributed by atoms with Crippen molar-refractivity contribution >= 4 is 17.4 Å². The van der Waals surface area contributed by atoms with Crippen molar-refractivity contribution in [2.45, 2.75) is 72.0 Å². The van der Waals surface area contributed by atoms with E-state index in [0.29, 0.717) is 18.1 Å². The van der Waals surface area contributed by atoms with Crippen LogP contribution in [0.25, 0.3) is 0 Å². The van der Waals surface area contributed by atoms with E-state index in [1.54, 1.807) is 6.92 Å². The highest BCUT2D eigenvalue weighted by Gasteiger charge is 2.66. The zero-order chi connectivity index (χ0) is 16.5. The second kappa shape index (κ2) is 4.73. The number of halogens is 1. The Morgan fingerprint density at radius 3 is 2.50 bits per heavy atom. The maximum Gasteiger partial charge on any atom is 0.185 e. The average molecular weight is 327 g/mol. The van der Waals surface area contributed by atoms with Gasteiger partial charge in [0.05, 0.1) is 12.0 Å². The molecule has 5 atom stereocenters. The molecule has 0 aromatic carbocycles. The van der Waals surface area contributed by atoms with Crippen LogP contribution in [-0.2, 0) is 9.53 Å². The minimum Gasteiger partial charge on any atom is -0.487 e. The first kappa shape index (κ1) is 16.3. The Balaban J connectivity index is 2.15. The summed E-state index contributed by atoms with van der Waals surface area (Å²) in [6, 6.07) is 0. The summed E-state index contributed by atoms with van der Waals surface area (Å²) in [6.45, 7) is 10.3. The number of ketones is 1. The normalized spacial score (nSPS) is 47.6. The third-order valence-electron chi connectivity index (χ3n) is 6.79. The molecular formula is C18H27ClO3. The summed E-state index contributed by atoms with van der Waals surface area (Å²) in [5, 5.41) is 11.0. The van der Waals surface area contributed by atoms with Crippen molar-refractivity contribution in [3.8, 4) is 0 Å². The van der Waals surface area contributed by atoms with E-state index in [-0.39, 0.29) is 27.6 Å². The van der Waals surface area contributed by atoms with E-state index in [4.69, 9.17) is 16.3 Å². The number of Topliss-reactive ketones (excluding diaryl/α,β-unsaturated/α-hetero) is 1. The molecular weight excluding hydrogens is 300 g/mol. The minimum absolute atomic E-state index is 0.0446. The van der Waals surface area contributed by atoms with E-state index in [1.807, 2.05) is 6.92 Å². The highest BCUT2D eigenvalue weighted by molar-refractivity contribution is 6.43. The Kier molecular flexibility index (Phi) is 3.51. The summed E-state index contributed by atoms with van der Waals surface area (Å²) in [5.41, 5.74) is -0.913. The van der Waals surface area contributed by atoms with Gasteiger partial charge in [-0.25, -0.2) is 0 Å². The van der Waals surface area contributed by atoms with Crippen molar-refractivity contribution < 1.29 is 14.6 Å². The second-order valence-electron chi connectivity index (χ2n) is 8.61. The van der Waals surface area contributed by atoms with Crippen molar-refractivity contribution in [2.24, 2.45) is 22.7 Å². The molecule has 2 aliphatic carbocycles. The lowest BCUT2D eigenvalue weighted by Crippen LogP contribution is -2.67. The average Bonchev–Trinajstić information content (AvgIpc) is 2.39. The molecule has 0 aromatic rings. The third-order valence-corrected chi connectivity index (χ3v) is 7.24. The quantitative estimate of drug-likeness (QED) is 0.731. The SMILES string of the molecule is CC1=C(Cl)C(=O)[C@@H]2[C@@]3(C)CCCC(C)(C)[C@@H]3C[C@@H](O)[C@@]2(C)O1. The molecule has 1 aliphatic heterocycles. The van der Waals surface area contributed by atoms with Gasteiger partial charge in [0.15, 0.2) is 5.78 Å². The Morgan fingerprint density at radius 1 is 1.23 bits per heavy atom. The first-order valence-electron chi connectivity index (χ1n) is 8.32. The van der Waals surface area contributed by atoms with Gasteiger partial charge < -0.3 is 9.84 Å². The molecule has 22 heavy (non-hydrogen) atoms. The van der Waals surface area contributed by atoms with Crippen molar-refractivity contribution in [3.05, 3.63) is 10.8 Å². The lowest BCUT2D eigenvalue weighted by molar-refractivity contribution is -0.226. The van der Waals surface area contributed by atoms with Crippen LogP contribution in [0.5, 0.6) is 0 Å². The van der Waals surface area contributed by atoms with E-state index in [0.717, 1.165) is 19.3 Å². The molecule has 4 heteroatoms. The molecule has 2 fully saturated rings. The van der Waals surface area contributed by atoms with Crippen LogP contribution in [0.2, 0.25) is 0 Å². The van der Waals surface area contributed by atoms with Crippen molar-refractivity contribution in [2.75, 3.05) is 0 Å². The minimum atomic E-state index is -0.863. The van der Waals surface area contributed by atoms with Gasteiger partial charge in [-0.2, -0.15) is 0 Å². The number of ether oxygens (including phenoxy) is 1. The number of hydrogen-bond acceptors (Lipinski definition) is 3. The van der Waals surface area contributed by atoms with E-state index in [1.165, 1.54) is 0 Å². The number of hydrogen-bond donors (Lipinski definition) is 1. The van der Waals surface area contributed by atoms with Gasteiger partial charge in [-0.1, -0.05) is 38.8 Å². The monoisotopic (exact) mass is 326 g/mol. The molecule has 3 aliphatic rings. The zero-order valence-electron chi connectivity index (χ0n) is 14.2. The summed E-state index contributed by atoms with van der Waals surface area (Å²) in [7, 11) is 0. The zero-order valence-corrected chi connectivity index (χ0v) is 15.0.